The number of aromatic amines is 1. The molecular weight excluding hydrogens is 430 g/mol. The number of carbonyl (C=O) groups is 1. The molecule has 2 unspecified atom stereocenters. The van der Waals surface area contributed by atoms with E-state index in [1.165, 1.54) is 11.1 Å². The minimum absolute atomic E-state index is 0.0156. The van der Waals surface area contributed by atoms with Crippen molar-refractivity contribution in [1.82, 2.24) is 24.6 Å². The highest BCUT2D eigenvalue weighted by atomic mass is 19.3. The molecule has 7 nitrogen and oxygen atoms in total. The summed E-state index contributed by atoms with van der Waals surface area (Å²) in [5.41, 5.74) is -0.0531. The monoisotopic (exact) mass is 457 g/mol. The Morgan fingerprint density at radius 3 is 2.59 bits per heavy atom. The van der Waals surface area contributed by atoms with Crippen molar-refractivity contribution < 1.29 is 22.4 Å². The van der Waals surface area contributed by atoms with Gasteiger partial charge < -0.3 is 9.88 Å². The second-order valence-corrected chi connectivity index (χ2v) is 8.75. The maximum absolute atomic E-state index is 13.6. The molecule has 0 aliphatic heterocycles. The zero-order valence-electron chi connectivity index (χ0n) is 17.9. The van der Waals surface area contributed by atoms with Crippen LogP contribution in [0.1, 0.15) is 69.7 Å². The molecule has 2 aliphatic rings. The van der Waals surface area contributed by atoms with Crippen molar-refractivity contribution in [2.24, 2.45) is 5.92 Å². The van der Waals surface area contributed by atoms with Crippen LogP contribution in [0.25, 0.3) is 11.0 Å². The van der Waals surface area contributed by atoms with Crippen LogP contribution in [0, 0.1) is 5.92 Å². The number of amides is 1. The van der Waals surface area contributed by atoms with Crippen molar-refractivity contribution in [3.05, 3.63) is 22.4 Å². The number of rotatable bonds is 7. The molecule has 2 aromatic heterocycles. The topological polar surface area (TPSA) is 83.9 Å². The van der Waals surface area contributed by atoms with Gasteiger partial charge in [0.2, 0.25) is 18.3 Å². The summed E-state index contributed by atoms with van der Waals surface area (Å²) < 4.78 is 53.8. The number of alkyl halides is 4. The molecule has 2 aliphatic carbocycles. The number of nitrogens with zero attached hydrogens (tertiary/aromatic N) is 4. The Bertz CT molecular complexity index is 1030. The van der Waals surface area contributed by atoms with Crippen molar-refractivity contribution in [3.63, 3.8) is 0 Å². The van der Waals surface area contributed by atoms with Gasteiger partial charge >= 0.3 is 0 Å². The van der Waals surface area contributed by atoms with Crippen LogP contribution in [0.2, 0.25) is 0 Å². The van der Waals surface area contributed by atoms with Gasteiger partial charge in [0.25, 0.3) is 5.56 Å². The fourth-order valence-corrected chi connectivity index (χ4v) is 4.70. The number of nitrogens with one attached hydrogen (secondary N) is 1. The van der Waals surface area contributed by atoms with E-state index < -0.39 is 18.3 Å². The summed E-state index contributed by atoms with van der Waals surface area (Å²) in [5.74, 6) is -3.28. The molecule has 0 aromatic carbocycles. The van der Waals surface area contributed by atoms with Crippen LogP contribution in [0.4, 0.5) is 17.6 Å². The lowest BCUT2D eigenvalue weighted by atomic mass is 9.72. The lowest BCUT2D eigenvalue weighted by Crippen LogP contribution is -2.44. The Hall–Kier alpha value is -2.46. The molecule has 0 radical (unpaired) electrons. The fraction of sp³-hybridized carbons (Fsp3) is 0.714. The van der Waals surface area contributed by atoms with Gasteiger partial charge in [-0.05, 0) is 32.6 Å². The Labute approximate surface area is 182 Å². The highest BCUT2D eigenvalue weighted by Crippen LogP contribution is 2.43. The van der Waals surface area contributed by atoms with E-state index in [2.05, 4.69) is 15.1 Å². The molecule has 2 heterocycles. The molecule has 11 heteroatoms. The fourth-order valence-electron chi connectivity index (χ4n) is 4.70. The molecule has 2 fully saturated rings. The molecule has 32 heavy (non-hydrogen) atoms. The van der Waals surface area contributed by atoms with Crippen molar-refractivity contribution in [2.45, 2.75) is 76.2 Å². The number of H-pyrrole nitrogens is 1. The highest BCUT2D eigenvalue weighted by Gasteiger charge is 2.41. The predicted octanol–water partition coefficient (Wildman–Crippen LogP) is 3.87. The maximum atomic E-state index is 13.6. The average Bonchev–Trinajstić information content (AvgIpc) is 3.12. The molecule has 0 saturated heterocycles. The first-order valence-corrected chi connectivity index (χ1v) is 11.1. The smallest absolute Gasteiger partial charge is 0.262 e. The van der Waals surface area contributed by atoms with Crippen molar-refractivity contribution in [3.8, 4) is 0 Å². The van der Waals surface area contributed by atoms with E-state index in [0.29, 0.717) is 30.9 Å². The third-order valence-corrected chi connectivity index (χ3v) is 6.77. The molecule has 4 rings (SSSR count). The van der Waals surface area contributed by atoms with Gasteiger partial charge in [-0.15, -0.1) is 0 Å². The summed E-state index contributed by atoms with van der Waals surface area (Å²) >= 11 is 0. The third-order valence-electron chi connectivity index (χ3n) is 6.77. The van der Waals surface area contributed by atoms with Crippen LogP contribution in [-0.2, 0) is 4.79 Å². The number of carbonyl (C=O) groups excluding carboxylic acids is 1. The summed E-state index contributed by atoms with van der Waals surface area (Å²) in [5, 5.41) is 4.53. The lowest BCUT2D eigenvalue weighted by Gasteiger charge is -2.38. The second-order valence-electron chi connectivity index (χ2n) is 8.75. The first kappa shape index (κ1) is 22.7. The van der Waals surface area contributed by atoms with E-state index in [0.717, 1.165) is 0 Å². The van der Waals surface area contributed by atoms with Gasteiger partial charge in [0.1, 0.15) is 11.2 Å². The largest absolute Gasteiger partial charge is 0.343 e. The molecule has 176 valence electrons. The normalized spacial score (nSPS) is 23.4. The molecule has 2 atom stereocenters. The third kappa shape index (κ3) is 4.38. The summed E-state index contributed by atoms with van der Waals surface area (Å²) in [6.45, 7) is 2.06. The van der Waals surface area contributed by atoms with Gasteiger partial charge in [-0.1, -0.05) is 0 Å². The van der Waals surface area contributed by atoms with E-state index in [4.69, 9.17) is 0 Å². The van der Waals surface area contributed by atoms with Gasteiger partial charge in [-0.25, -0.2) is 27.2 Å². The number of halogens is 4. The van der Waals surface area contributed by atoms with E-state index in [9.17, 15) is 27.2 Å². The summed E-state index contributed by atoms with van der Waals surface area (Å²) in [7, 11) is 0. The van der Waals surface area contributed by atoms with Gasteiger partial charge in [0.15, 0.2) is 5.65 Å². The molecular formula is C21H27F4N5O2. The Kier molecular flexibility index (Phi) is 6.26. The van der Waals surface area contributed by atoms with E-state index in [-0.39, 0.29) is 67.5 Å². The molecule has 2 saturated carbocycles. The Morgan fingerprint density at radius 2 is 2.00 bits per heavy atom. The van der Waals surface area contributed by atoms with E-state index in [1.807, 2.05) is 0 Å². The highest BCUT2D eigenvalue weighted by molar-refractivity contribution is 5.81. The van der Waals surface area contributed by atoms with Crippen LogP contribution < -0.4 is 5.56 Å². The number of hydrogen-bond acceptors (Lipinski definition) is 4. The summed E-state index contributed by atoms with van der Waals surface area (Å²) in [6.07, 6.45) is -0.216. The van der Waals surface area contributed by atoms with Crippen LogP contribution in [0.15, 0.2) is 11.0 Å². The number of aromatic nitrogens is 4. The number of hydrogen-bond donors (Lipinski definition) is 1. The molecule has 1 amide bonds. The maximum Gasteiger partial charge on any atom is 0.262 e. The SMILES string of the molecule is CCN(CCC(F)F)C(=O)C1CCC1c1nc2c(cnn2C2CCC(F)(F)CC2)c(=O)[nH]1. The minimum atomic E-state index is -2.68. The van der Waals surface area contributed by atoms with Gasteiger partial charge in [-0.2, -0.15) is 5.10 Å². The Morgan fingerprint density at radius 1 is 1.28 bits per heavy atom. The van der Waals surface area contributed by atoms with Gasteiger partial charge in [0, 0.05) is 44.2 Å². The van der Waals surface area contributed by atoms with Crippen LogP contribution in [0.3, 0.4) is 0 Å². The van der Waals surface area contributed by atoms with Crippen LogP contribution in [-0.4, -0.2) is 56.0 Å². The zero-order chi connectivity index (χ0) is 23.0. The molecule has 1 N–H and O–H groups in total. The minimum Gasteiger partial charge on any atom is -0.343 e. The molecule has 0 bridgehead atoms. The van der Waals surface area contributed by atoms with E-state index in [1.54, 1.807) is 11.6 Å². The predicted molar refractivity (Wildman–Crippen MR) is 109 cm³/mol. The Balaban J connectivity index is 1.57. The first-order chi connectivity index (χ1) is 15.2. The number of fused-ring (bicyclic) bond motifs is 1. The van der Waals surface area contributed by atoms with E-state index >= 15 is 0 Å². The summed E-state index contributed by atoms with van der Waals surface area (Å²) in [4.78, 5) is 34.3. The lowest BCUT2D eigenvalue weighted by molar-refractivity contribution is -0.139. The zero-order valence-corrected chi connectivity index (χ0v) is 17.9. The van der Waals surface area contributed by atoms with Gasteiger partial charge in [-0.3, -0.25) is 9.59 Å². The van der Waals surface area contributed by atoms with Crippen LogP contribution >= 0.6 is 0 Å². The van der Waals surface area contributed by atoms with Gasteiger partial charge in [0.05, 0.1) is 12.2 Å². The molecule has 2 aromatic rings. The van der Waals surface area contributed by atoms with Crippen molar-refractivity contribution >= 4 is 16.9 Å². The quantitative estimate of drug-likeness (QED) is 0.640. The average molecular weight is 457 g/mol. The molecule has 0 spiro atoms. The van der Waals surface area contributed by atoms with Crippen molar-refractivity contribution in [1.29, 1.82) is 0 Å². The summed E-state index contributed by atoms with van der Waals surface area (Å²) in [6, 6.07) is -0.266. The first-order valence-electron chi connectivity index (χ1n) is 11.1. The van der Waals surface area contributed by atoms with Crippen molar-refractivity contribution in [2.75, 3.05) is 13.1 Å². The van der Waals surface area contributed by atoms with Crippen LogP contribution in [0.5, 0.6) is 0 Å². The second kappa shape index (κ2) is 8.82. The standard InChI is InChI=1S/C21H27F4N5O2/c1-2-29(10-7-16(22)23)20(32)14-4-3-13(14)17-27-18-15(19(31)28-17)11-26-30(18)12-5-8-21(24,25)9-6-12/h11-14,16H,2-10H2,1H3,(H,27,28,31).